The molecule has 2 aliphatic rings. The maximum atomic E-state index is 6.37. The second kappa shape index (κ2) is 24.5. The second-order valence-corrected chi connectivity index (χ2v) is 15.1. The fraction of sp³-hybridized carbons (Fsp3) is 0.250. The average Bonchev–Trinajstić information content (AvgIpc) is 3.60. The largest absolute Gasteiger partial charge is 0.339 e. The Labute approximate surface area is 366 Å². The Morgan fingerprint density at radius 3 is 2.13 bits per heavy atom. The van der Waals surface area contributed by atoms with E-state index in [1.165, 1.54) is 66.1 Å². The van der Waals surface area contributed by atoms with Gasteiger partial charge in [0.1, 0.15) is 0 Å². The summed E-state index contributed by atoms with van der Waals surface area (Å²) >= 11 is 1.82. The molecule has 4 aromatic carbocycles. The van der Waals surface area contributed by atoms with Gasteiger partial charge in [-0.25, -0.2) is 0 Å². The van der Waals surface area contributed by atoms with Gasteiger partial charge in [0.15, 0.2) is 0 Å². The Kier molecular flexibility index (Phi) is 19.3. The second-order valence-electron chi connectivity index (χ2n) is 14.3. The van der Waals surface area contributed by atoms with Crippen LogP contribution in [-0.4, -0.2) is 10.9 Å². The molecule has 0 radical (unpaired) electrons. The van der Waals surface area contributed by atoms with Crippen molar-refractivity contribution in [1.82, 2.24) is 4.68 Å². The Morgan fingerprint density at radius 2 is 1.50 bits per heavy atom. The number of aromatic nitrogens is 1. The number of para-hydroxylation sites is 1. The molecule has 1 heterocycles. The zero-order valence-electron chi connectivity index (χ0n) is 37.3. The minimum atomic E-state index is -0.0952. The summed E-state index contributed by atoms with van der Waals surface area (Å²) in [5.74, 6) is 6.37. The number of allylic oxidation sites excluding steroid dienone is 13. The molecule has 7 rings (SSSR count). The highest BCUT2D eigenvalue weighted by atomic mass is 32.2. The highest BCUT2D eigenvalue weighted by Gasteiger charge is 2.20. The van der Waals surface area contributed by atoms with E-state index >= 15 is 0 Å². The van der Waals surface area contributed by atoms with Crippen LogP contribution in [0.5, 0.6) is 0 Å². The van der Waals surface area contributed by atoms with Gasteiger partial charge in [0.05, 0.1) is 11.6 Å². The lowest BCUT2D eigenvalue weighted by molar-refractivity contribution is 0.846. The maximum Gasteiger partial charge on any atom is 0.0699 e. The summed E-state index contributed by atoms with van der Waals surface area (Å²) in [5, 5.41) is 1.24. The van der Waals surface area contributed by atoms with Crippen LogP contribution in [0.4, 0.5) is 0 Å². The number of benzene rings is 4. The summed E-state index contributed by atoms with van der Waals surface area (Å²) < 4.78 is 1.87. The third kappa shape index (κ3) is 11.8. The topological polar surface area (TPSA) is 57.0 Å². The molecule has 1 aromatic heterocycles. The van der Waals surface area contributed by atoms with Crippen molar-refractivity contribution in [1.29, 1.82) is 0 Å². The van der Waals surface area contributed by atoms with Gasteiger partial charge in [-0.2, -0.15) is 0 Å². The van der Waals surface area contributed by atoms with Gasteiger partial charge in [0.25, 0.3) is 0 Å². The van der Waals surface area contributed by atoms with E-state index in [0.717, 1.165) is 48.8 Å². The van der Waals surface area contributed by atoms with E-state index in [1.807, 2.05) is 62.4 Å². The lowest BCUT2D eigenvalue weighted by atomic mass is 9.90. The van der Waals surface area contributed by atoms with Crippen LogP contribution in [-0.2, 0) is 6.42 Å². The summed E-state index contributed by atoms with van der Waals surface area (Å²) in [7, 11) is 0. The van der Waals surface area contributed by atoms with Gasteiger partial charge in [0.2, 0.25) is 0 Å². The Hall–Kier alpha value is -5.55. The molecule has 0 bridgehead atoms. The fourth-order valence-electron chi connectivity index (χ4n) is 7.54. The molecule has 0 saturated carbocycles. The van der Waals surface area contributed by atoms with E-state index in [1.54, 1.807) is 6.08 Å². The number of hydrogen-bond acceptors (Lipinski definition) is 3. The molecule has 5 aromatic rings. The quantitative estimate of drug-likeness (QED) is 0.0793. The molecule has 0 fully saturated rings. The fourth-order valence-corrected chi connectivity index (χ4v) is 8.19. The lowest BCUT2D eigenvalue weighted by Gasteiger charge is -2.17. The smallest absolute Gasteiger partial charge is 0.0699 e. The molecular weight excluding hydrogens is 747 g/mol. The first kappa shape index (κ1) is 47.1. The molecule has 1 atom stereocenters. The van der Waals surface area contributed by atoms with Gasteiger partial charge in [-0.3, -0.25) is 4.68 Å². The van der Waals surface area contributed by atoms with Crippen LogP contribution in [0.1, 0.15) is 114 Å². The Balaban J connectivity index is 0.000000245. The number of rotatable bonds is 11. The van der Waals surface area contributed by atoms with Crippen molar-refractivity contribution in [2.75, 3.05) is 12.1 Å². The summed E-state index contributed by atoms with van der Waals surface area (Å²) in [6, 6.07) is 32.6. The molecule has 4 N–H and O–H groups in total. The Morgan fingerprint density at radius 1 is 0.833 bits per heavy atom. The van der Waals surface area contributed by atoms with E-state index in [4.69, 9.17) is 11.6 Å². The minimum absolute atomic E-state index is 0.0952. The molecule has 3 nitrogen and oxygen atoms in total. The van der Waals surface area contributed by atoms with Crippen molar-refractivity contribution in [3.05, 3.63) is 197 Å². The summed E-state index contributed by atoms with van der Waals surface area (Å²) in [6.45, 7) is 18.0. The monoisotopic (exact) mass is 814 g/mol. The van der Waals surface area contributed by atoms with Gasteiger partial charge < -0.3 is 11.6 Å². The van der Waals surface area contributed by atoms with Crippen molar-refractivity contribution in [2.45, 2.75) is 91.5 Å². The van der Waals surface area contributed by atoms with E-state index in [-0.39, 0.29) is 6.04 Å². The van der Waals surface area contributed by atoms with Crippen molar-refractivity contribution < 1.29 is 0 Å². The van der Waals surface area contributed by atoms with Gasteiger partial charge in [0, 0.05) is 21.5 Å². The third-order valence-electron chi connectivity index (χ3n) is 10.6. The van der Waals surface area contributed by atoms with Crippen molar-refractivity contribution in [2.24, 2.45) is 5.73 Å². The molecule has 0 aliphatic heterocycles. The molecular formula is C56H67N3S. The van der Waals surface area contributed by atoms with E-state index in [2.05, 4.69) is 167 Å². The van der Waals surface area contributed by atoms with Crippen molar-refractivity contribution in [3.8, 4) is 11.1 Å². The lowest BCUT2D eigenvalue weighted by Crippen LogP contribution is -2.13. The van der Waals surface area contributed by atoms with Crippen molar-refractivity contribution >= 4 is 45.5 Å². The van der Waals surface area contributed by atoms with Gasteiger partial charge in [-0.1, -0.05) is 186 Å². The number of nitrogens with zero attached hydrogens (tertiary/aromatic N) is 1. The molecule has 312 valence electrons. The molecule has 1 unspecified atom stereocenters. The molecule has 0 spiro atoms. The van der Waals surface area contributed by atoms with E-state index in [0.29, 0.717) is 0 Å². The molecule has 2 aliphatic carbocycles. The van der Waals surface area contributed by atoms with E-state index < -0.39 is 0 Å². The van der Waals surface area contributed by atoms with Gasteiger partial charge >= 0.3 is 0 Å². The number of thioether (sulfide) groups is 1. The van der Waals surface area contributed by atoms with Crippen LogP contribution in [0.15, 0.2) is 169 Å². The number of fused-ring (bicyclic) bond motifs is 3. The number of nitrogen functional groups attached to an aromatic ring is 1. The summed E-state index contributed by atoms with van der Waals surface area (Å²) in [6.07, 6.45) is 30.7. The molecule has 60 heavy (non-hydrogen) atoms. The zero-order valence-corrected chi connectivity index (χ0v) is 38.2. The van der Waals surface area contributed by atoms with Crippen LogP contribution in [0.2, 0.25) is 0 Å². The molecule has 4 heteroatoms. The van der Waals surface area contributed by atoms with Crippen LogP contribution in [0.25, 0.3) is 44.8 Å². The predicted octanol–water partition coefficient (Wildman–Crippen LogP) is 15.8. The van der Waals surface area contributed by atoms with Crippen LogP contribution in [0.3, 0.4) is 0 Å². The normalized spacial score (nSPS) is 14.2. The Bertz CT molecular complexity index is 2370. The van der Waals surface area contributed by atoms with Crippen molar-refractivity contribution in [3.63, 3.8) is 0 Å². The maximum absolute atomic E-state index is 6.37. The first-order valence-corrected chi connectivity index (χ1v) is 23.0. The van der Waals surface area contributed by atoms with E-state index in [9.17, 15) is 0 Å². The first-order chi connectivity index (χ1) is 29.4. The highest BCUT2D eigenvalue weighted by Crippen LogP contribution is 2.38. The molecule has 0 amide bonds. The van der Waals surface area contributed by atoms with Crippen LogP contribution in [0, 0.1) is 0 Å². The average molecular weight is 814 g/mol. The predicted molar refractivity (Wildman–Crippen MR) is 271 cm³/mol. The summed E-state index contributed by atoms with van der Waals surface area (Å²) in [4.78, 5) is 1.33. The highest BCUT2D eigenvalue weighted by molar-refractivity contribution is 7.98. The number of hydrogen-bond donors (Lipinski definition) is 2. The zero-order chi connectivity index (χ0) is 43.4. The molecule has 0 saturated heterocycles. The van der Waals surface area contributed by atoms with Crippen LogP contribution >= 0.6 is 11.8 Å². The standard InChI is InChI=1S/C26H28N2S.C26H27N.2C2H6/c1-4-8-18(9-5-2)21-14-12-20(17-26(21)29-3)19-13-15-25-23(16-19)22-10-6-7-11-24(22)28(25)27;1-3-4-6-9-20(2)26(27)25-18-16-24(17-19-25)23-14-12-22(13-15-23)21-10-7-5-8-11-21;2*1-2/h4,6-12,14,16-17H,5,13,15,27H2,1-3H3;3-7,9-10,12-19,26H,1,8,11,27H2,2H3;2*1-2H3/b8-4-,18-9+;6-4-,20-9+;;. The SMILES string of the molecule is C/C=C\C(=C/CC)c1ccc(C2=Cc3c(n(N)c4ccccc34)CC2)cc1SC.C=C/C=C\C=C(/C)C(N)c1ccc(-c2ccc(C3=CC=CCC3)cc2)cc1.CC.CC. The summed E-state index contributed by atoms with van der Waals surface area (Å²) in [5.41, 5.74) is 22.7. The number of nitrogens with two attached hydrogens (primary N) is 2. The third-order valence-corrected chi connectivity index (χ3v) is 11.4. The van der Waals surface area contributed by atoms with Gasteiger partial charge in [-0.05, 0) is 121 Å². The minimum Gasteiger partial charge on any atom is -0.339 e. The first-order valence-electron chi connectivity index (χ1n) is 21.7. The van der Waals surface area contributed by atoms with Gasteiger partial charge in [-0.15, -0.1) is 11.8 Å². The van der Waals surface area contributed by atoms with Crippen LogP contribution < -0.4 is 11.6 Å².